The molecule has 1 amide bonds. The number of benzene rings is 1. The summed E-state index contributed by atoms with van der Waals surface area (Å²) in [6, 6.07) is 8.20. The predicted octanol–water partition coefficient (Wildman–Crippen LogP) is 1.66. The van der Waals surface area contributed by atoms with Crippen LogP contribution in [-0.4, -0.2) is 36.5 Å². The second-order valence-electron chi connectivity index (χ2n) is 4.76. The van der Waals surface area contributed by atoms with Gasteiger partial charge in [0.1, 0.15) is 0 Å². The van der Waals surface area contributed by atoms with Crippen molar-refractivity contribution in [2.75, 3.05) is 19.6 Å². The third kappa shape index (κ3) is 3.16. The van der Waals surface area contributed by atoms with Gasteiger partial charge >= 0.3 is 0 Å². The smallest absolute Gasteiger partial charge is 0.237 e. The van der Waals surface area contributed by atoms with E-state index in [0.717, 1.165) is 17.4 Å². The molecule has 0 spiro atoms. The van der Waals surface area contributed by atoms with Gasteiger partial charge in [-0.2, -0.15) is 0 Å². The molecule has 1 heterocycles. The minimum Gasteiger partial charge on any atom is -0.353 e. The molecule has 0 saturated carbocycles. The molecule has 1 saturated heterocycles. The summed E-state index contributed by atoms with van der Waals surface area (Å²) in [7, 11) is 0. The standard InChI is InChI=1S/C14H20BrN3O/c1-2-12-14(19)17-7-8-18(12)13(9-16)10-3-5-11(15)6-4-10/h3-6,12-13H,2,7-9,16H2,1H3,(H,17,19). The number of halogens is 1. The lowest BCUT2D eigenvalue weighted by Gasteiger charge is -2.40. The van der Waals surface area contributed by atoms with Crippen LogP contribution in [0.2, 0.25) is 0 Å². The van der Waals surface area contributed by atoms with Gasteiger partial charge in [0.2, 0.25) is 5.91 Å². The molecular formula is C14H20BrN3O. The van der Waals surface area contributed by atoms with Gasteiger partial charge in [-0.1, -0.05) is 35.0 Å². The van der Waals surface area contributed by atoms with Gasteiger partial charge in [0.15, 0.2) is 0 Å². The third-order valence-electron chi connectivity index (χ3n) is 3.64. The van der Waals surface area contributed by atoms with Gasteiger partial charge in [-0.25, -0.2) is 0 Å². The average Bonchev–Trinajstić information content (AvgIpc) is 2.42. The van der Waals surface area contributed by atoms with Crippen LogP contribution in [0.1, 0.15) is 24.9 Å². The number of nitrogens with zero attached hydrogens (tertiary/aromatic N) is 1. The highest BCUT2D eigenvalue weighted by Crippen LogP contribution is 2.25. The summed E-state index contributed by atoms with van der Waals surface area (Å²) in [6.45, 7) is 4.10. The topological polar surface area (TPSA) is 58.4 Å². The van der Waals surface area contributed by atoms with Crippen LogP contribution in [0, 0.1) is 0 Å². The molecule has 0 aromatic heterocycles. The molecule has 19 heavy (non-hydrogen) atoms. The van der Waals surface area contributed by atoms with E-state index in [1.54, 1.807) is 0 Å². The lowest BCUT2D eigenvalue weighted by atomic mass is 10.0. The molecule has 1 aromatic rings. The van der Waals surface area contributed by atoms with Crippen molar-refractivity contribution in [1.82, 2.24) is 10.2 Å². The molecule has 2 atom stereocenters. The molecule has 0 radical (unpaired) electrons. The molecule has 2 rings (SSSR count). The Balaban J connectivity index is 2.24. The van der Waals surface area contributed by atoms with Crippen LogP contribution in [0.4, 0.5) is 0 Å². The molecule has 1 aliphatic heterocycles. The molecule has 4 nitrogen and oxygen atoms in total. The number of nitrogens with two attached hydrogens (primary N) is 1. The van der Waals surface area contributed by atoms with Gasteiger partial charge in [0.05, 0.1) is 6.04 Å². The summed E-state index contributed by atoms with van der Waals surface area (Å²) in [5, 5.41) is 2.92. The van der Waals surface area contributed by atoms with E-state index >= 15 is 0 Å². The number of hydrogen-bond donors (Lipinski definition) is 2. The molecule has 3 N–H and O–H groups in total. The van der Waals surface area contributed by atoms with E-state index in [1.807, 2.05) is 19.1 Å². The van der Waals surface area contributed by atoms with E-state index in [4.69, 9.17) is 5.73 Å². The minimum atomic E-state index is -0.0778. The molecule has 2 unspecified atom stereocenters. The van der Waals surface area contributed by atoms with E-state index in [9.17, 15) is 4.79 Å². The quantitative estimate of drug-likeness (QED) is 0.885. The van der Waals surface area contributed by atoms with E-state index in [-0.39, 0.29) is 18.0 Å². The van der Waals surface area contributed by atoms with E-state index in [1.165, 1.54) is 5.56 Å². The highest BCUT2D eigenvalue weighted by molar-refractivity contribution is 9.10. The first-order chi connectivity index (χ1) is 9.17. The summed E-state index contributed by atoms with van der Waals surface area (Å²) in [4.78, 5) is 14.2. The summed E-state index contributed by atoms with van der Waals surface area (Å²) < 4.78 is 1.05. The van der Waals surface area contributed by atoms with Crippen molar-refractivity contribution in [2.45, 2.75) is 25.4 Å². The maximum absolute atomic E-state index is 11.9. The normalized spacial score (nSPS) is 22.1. The molecule has 1 aliphatic rings. The van der Waals surface area contributed by atoms with Crippen molar-refractivity contribution in [3.8, 4) is 0 Å². The molecular weight excluding hydrogens is 306 g/mol. The fourth-order valence-corrected chi connectivity index (χ4v) is 2.94. The summed E-state index contributed by atoms with van der Waals surface area (Å²) >= 11 is 3.44. The van der Waals surface area contributed by atoms with Crippen LogP contribution >= 0.6 is 15.9 Å². The third-order valence-corrected chi connectivity index (χ3v) is 4.17. The molecule has 1 fully saturated rings. The maximum atomic E-state index is 11.9. The first kappa shape index (κ1) is 14.5. The average molecular weight is 326 g/mol. The number of hydrogen-bond acceptors (Lipinski definition) is 3. The predicted molar refractivity (Wildman–Crippen MR) is 79.7 cm³/mol. The first-order valence-corrected chi connectivity index (χ1v) is 7.45. The zero-order chi connectivity index (χ0) is 13.8. The van der Waals surface area contributed by atoms with Crippen molar-refractivity contribution in [3.05, 3.63) is 34.3 Å². The van der Waals surface area contributed by atoms with Crippen molar-refractivity contribution in [1.29, 1.82) is 0 Å². The van der Waals surface area contributed by atoms with Gasteiger partial charge in [-0.15, -0.1) is 0 Å². The number of carbonyl (C=O) groups is 1. The van der Waals surface area contributed by atoms with Gasteiger partial charge in [0, 0.05) is 30.1 Å². The number of nitrogens with one attached hydrogen (secondary N) is 1. The van der Waals surface area contributed by atoms with E-state index in [0.29, 0.717) is 13.1 Å². The van der Waals surface area contributed by atoms with Crippen molar-refractivity contribution < 1.29 is 4.79 Å². The van der Waals surface area contributed by atoms with Crippen LogP contribution in [0.5, 0.6) is 0 Å². The maximum Gasteiger partial charge on any atom is 0.237 e. The lowest BCUT2D eigenvalue weighted by molar-refractivity contribution is -0.130. The highest BCUT2D eigenvalue weighted by Gasteiger charge is 2.33. The number of rotatable bonds is 4. The van der Waals surface area contributed by atoms with Crippen LogP contribution < -0.4 is 11.1 Å². The van der Waals surface area contributed by atoms with Crippen molar-refractivity contribution >= 4 is 21.8 Å². The number of piperazine rings is 1. The Bertz CT molecular complexity index is 435. The number of carbonyl (C=O) groups excluding carboxylic acids is 1. The molecule has 104 valence electrons. The monoisotopic (exact) mass is 325 g/mol. The Morgan fingerprint density at radius 1 is 1.47 bits per heavy atom. The lowest BCUT2D eigenvalue weighted by Crippen LogP contribution is -2.56. The fourth-order valence-electron chi connectivity index (χ4n) is 2.67. The molecule has 5 heteroatoms. The zero-order valence-corrected chi connectivity index (χ0v) is 12.7. The van der Waals surface area contributed by atoms with Crippen molar-refractivity contribution in [3.63, 3.8) is 0 Å². The molecule has 0 aliphatic carbocycles. The molecule has 0 bridgehead atoms. The first-order valence-electron chi connectivity index (χ1n) is 6.66. The SMILES string of the molecule is CCC1C(=O)NCCN1C(CN)c1ccc(Br)cc1. The Kier molecular flexibility index (Phi) is 4.96. The van der Waals surface area contributed by atoms with Crippen LogP contribution in [0.25, 0.3) is 0 Å². The Morgan fingerprint density at radius 2 is 2.16 bits per heavy atom. The summed E-state index contributed by atoms with van der Waals surface area (Å²) in [5.41, 5.74) is 7.12. The largest absolute Gasteiger partial charge is 0.353 e. The minimum absolute atomic E-state index is 0.0778. The van der Waals surface area contributed by atoms with Gasteiger partial charge < -0.3 is 11.1 Å². The fraction of sp³-hybridized carbons (Fsp3) is 0.500. The van der Waals surface area contributed by atoms with Crippen LogP contribution in [0.15, 0.2) is 28.7 Å². The van der Waals surface area contributed by atoms with E-state index in [2.05, 4.69) is 38.3 Å². The highest BCUT2D eigenvalue weighted by atomic mass is 79.9. The van der Waals surface area contributed by atoms with Crippen molar-refractivity contribution in [2.24, 2.45) is 5.73 Å². The number of amides is 1. The zero-order valence-electron chi connectivity index (χ0n) is 11.1. The second-order valence-corrected chi connectivity index (χ2v) is 5.67. The van der Waals surface area contributed by atoms with Crippen LogP contribution in [-0.2, 0) is 4.79 Å². The molecule has 1 aromatic carbocycles. The Hall–Kier alpha value is -0.910. The Labute approximate surface area is 122 Å². The summed E-state index contributed by atoms with van der Waals surface area (Å²) in [5.74, 6) is 0.115. The van der Waals surface area contributed by atoms with E-state index < -0.39 is 0 Å². The van der Waals surface area contributed by atoms with Gasteiger partial charge in [-0.3, -0.25) is 9.69 Å². The van der Waals surface area contributed by atoms with Crippen LogP contribution in [0.3, 0.4) is 0 Å². The summed E-state index contributed by atoms with van der Waals surface area (Å²) in [6.07, 6.45) is 0.804. The van der Waals surface area contributed by atoms with Gasteiger partial charge in [0.25, 0.3) is 0 Å². The second kappa shape index (κ2) is 6.50. The van der Waals surface area contributed by atoms with Gasteiger partial charge in [-0.05, 0) is 24.1 Å². The Morgan fingerprint density at radius 3 is 2.74 bits per heavy atom.